The maximum absolute atomic E-state index is 11.6. The predicted molar refractivity (Wildman–Crippen MR) is 103 cm³/mol. The van der Waals surface area contributed by atoms with E-state index in [1.54, 1.807) is 12.2 Å². The summed E-state index contributed by atoms with van der Waals surface area (Å²) in [7, 11) is 0. The highest BCUT2D eigenvalue weighted by molar-refractivity contribution is 5.82. The third kappa shape index (κ3) is 7.22. The number of hydrogen-bond acceptors (Lipinski definition) is 4. The van der Waals surface area contributed by atoms with Crippen molar-refractivity contribution in [2.45, 2.75) is 12.8 Å². The van der Waals surface area contributed by atoms with E-state index in [-0.39, 0.29) is 0 Å². The van der Waals surface area contributed by atoms with Crippen LogP contribution in [0.15, 0.2) is 85.2 Å². The van der Waals surface area contributed by atoms with Crippen molar-refractivity contribution in [3.8, 4) is 0 Å². The molecule has 0 aliphatic rings. The van der Waals surface area contributed by atoms with Crippen LogP contribution in [0.25, 0.3) is 0 Å². The van der Waals surface area contributed by atoms with Gasteiger partial charge in [-0.3, -0.25) is 0 Å². The lowest BCUT2D eigenvalue weighted by Crippen LogP contribution is -1.94. The van der Waals surface area contributed by atoms with Crippen molar-refractivity contribution in [3.05, 3.63) is 96.3 Å². The highest BCUT2D eigenvalue weighted by atomic mass is 16.5. The molecule has 0 fully saturated rings. The van der Waals surface area contributed by atoms with Crippen molar-refractivity contribution in [2.24, 2.45) is 0 Å². The van der Waals surface area contributed by atoms with E-state index in [1.807, 2.05) is 60.7 Å². The zero-order chi connectivity index (χ0) is 17.9. The highest BCUT2D eigenvalue weighted by Gasteiger charge is 1.94. The van der Waals surface area contributed by atoms with Crippen molar-refractivity contribution in [2.75, 3.05) is 11.5 Å². The van der Waals surface area contributed by atoms with Gasteiger partial charge in [0.25, 0.3) is 0 Å². The van der Waals surface area contributed by atoms with E-state index in [0.29, 0.717) is 6.42 Å². The fourth-order valence-electron chi connectivity index (χ4n) is 2.07. The molecular formula is C21H22N2O2. The maximum atomic E-state index is 11.6. The molecule has 128 valence electrons. The Morgan fingerprint density at radius 2 is 1.32 bits per heavy atom. The quantitative estimate of drug-likeness (QED) is 0.265. The lowest BCUT2D eigenvalue weighted by atomic mass is 10.1. The molecule has 2 rings (SSSR count). The highest BCUT2D eigenvalue weighted by Crippen LogP contribution is 2.07. The average Bonchev–Trinajstić information content (AvgIpc) is 2.61. The second-order valence-corrected chi connectivity index (χ2v) is 5.49. The number of nitrogens with two attached hydrogens (primary N) is 2. The van der Waals surface area contributed by atoms with Crippen LogP contribution >= 0.6 is 0 Å². The molecule has 25 heavy (non-hydrogen) atoms. The minimum atomic E-state index is -0.404. The van der Waals surface area contributed by atoms with Gasteiger partial charge in [-0.1, -0.05) is 42.5 Å². The van der Waals surface area contributed by atoms with Gasteiger partial charge in [0, 0.05) is 17.5 Å². The lowest BCUT2D eigenvalue weighted by molar-refractivity contribution is -0.132. The monoisotopic (exact) mass is 334 g/mol. The molecule has 0 unspecified atom stereocenters. The molecule has 0 saturated heterocycles. The average molecular weight is 334 g/mol. The number of nitrogen functional groups attached to an aromatic ring is 2. The van der Waals surface area contributed by atoms with E-state index in [4.69, 9.17) is 16.2 Å². The Morgan fingerprint density at radius 3 is 1.88 bits per heavy atom. The van der Waals surface area contributed by atoms with E-state index in [2.05, 4.69) is 0 Å². The number of carbonyl (C=O) groups is 1. The van der Waals surface area contributed by atoms with Gasteiger partial charge in [0.1, 0.15) is 0 Å². The molecular weight excluding hydrogens is 312 g/mol. The summed E-state index contributed by atoms with van der Waals surface area (Å²) >= 11 is 0. The minimum absolute atomic E-state index is 0.404. The number of esters is 1. The van der Waals surface area contributed by atoms with Crippen LogP contribution in [0.3, 0.4) is 0 Å². The Morgan fingerprint density at radius 1 is 0.800 bits per heavy atom. The van der Waals surface area contributed by atoms with Gasteiger partial charge in [-0.15, -0.1) is 0 Å². The van der Waals surface area contributed by atoms with Crippen LogP contribution in [-0.2, 0) is 22.4 Å². The zero-order valence-electron chi connectivity index (χ0n) is 14.0. The van der Waals surface area contributed by atoms with Crippen molar-refractivity contribution < 1.29 is 9.53 Å². The Bertz CT molecular complexity index is 757. The molecule has 2 aromatic carbocycles. The molecule has 2 aromatic rings. The lowest BCUT2D eigenvalue weighted by Gasteiger charge is -1.97. The van der Waals surface area contributed by atoms with E-state index >= 15 is 0 Å². The fourth-order valence-corrected chi connectivity index (χ4v) is 2.07. The van der Waals surface area contributed by atoms with Crippen LogP contribution < -0.4 is 11.5 Å². The molecule has 0 atom stereocenters. The molecule has 0 radical (unpaired) electrons. The van der Waals surface area contributed by atoms with Gasteiger partial charge in [-0.2, -0.15) is 0 Å². The first-order valence-electron chi connectivity index (χ1n) is 8.01. The number of hydrogen-bond donors (Lipinski definition) is 2. The molecule has 4 heteroatoms. The van der Waals surface area contributed by atoms with Crippen LogP contribution in [0.2, 0.25) is 0 Å². The van der Waals surface area contributed by atoms with Crippen LogP contribution in [-0.4, -0.2) is 5.97 Å². The molecule has 0 spiro atoms. The molecule has 4 nitrogen and oxygen atoms in total. The summed E-state index contributed by atoms with van der Waals surface area (Å²) in [5, 5.41) is 0. The minimum Gasteiger partial charge on any atom is -0.431 e. The van der Waals surface area contributed by atoms with Gasteiger partial charge < -0.3 is 16.2 Å². The van der Waals surface area contributed by atoms with E-state index in [1.165, 1.54) is 17.9 Å². The summed E-state index contributed by atoms with van der Waals surface area (Å²) in [5.41, 5.74) is 15.0. The summed E-state index contributed by atoms with van der Waals surface area (Å²) in [5.74, 6) is -0.404. The van der Waals surface area contributed by atoms with Crippen molar-refractivity contribution in [1.29, 1.82) is 0 Å². The first kappa shape index (κ1) is 18.1. The maximum Gasteiger partial charge on any atom is 0.335 e. The van der Waals surface area contributed by atoms with Crippen LogP contribution in [0, 0.1) is 0 Å². The number of ether oxygens (including phenoxy) is 1. The molecule has 0 heterocycles. The van der Waals surface area contributed by atoms with Crippen molar-refractivity contribution in [3.63, 3.8) is 0 Å². The molecule has 0 amide bonds. The standard InChI is InChI=1S/C21H22N2O2/c22-19-12-8-17(9-13-19)5-2-1-3-16-25-21(24)7-4-6-18-10-14-20(23)15-11-18/h1-4,7-16H,5-6,22-23H2/b2-1+,7-4+,16-3+. The van der Waals surface area contributed by atoms with E-state index in [9.17, 15) is 4.79 Å². The Kier molecular flexibility index (Phi) is 7.07. The van der Waals surface area contributed by atoms with E-state index in [0.717, 1.165) is 23.4 Å². The first-order valence-corrected chi connectivity index (χ1v) is 8.01. The molecule has 4 N–H and O–H groups in total. The van der Waals surface area contributed by atoms with Crippen LogP contribution in [0.4, 0.5) is 11.4 Å². The SMILES string of the molecule is Nc1ccc(C/C=C/C=C/OC(=O)/C=C/Cc2ccc(N)cc2)cc1. The second kappa shape index (κ2) is 9.78. The smallest absolute Gasteiger partial charge is 0.335 e. The summed E-state index contributed by atoms with van der Waals surface area (Å²) in [6.45, 7) is 0. The predicted octanol–water partition coefficient (Wildman–Crippen LogP) is 3.81. The topological polar surface area (TPSA) is 78.3 Å². The van der Waals surface area contributed by atoms with Crippen LogP contribution in [0.5, 0.6) is 0 Å². The summed E-state index contributed by atoms with van der Waals surface area (Å²) in [4.78, 5) is 11.6. The molecule has 0 aliphatic carbocycles. The van der Waals surface area contributed by atoms with Crippen molar-refractivity contribution >= 4 is 17.3 Å². The van der Waals surface area contributed by atoms with Crippen LogP contribution in [0.1, 0.15) is 11.1 Å². The normalized spacial score (nSPS) is 11.5. The second-order valence-electron chi connectivity index (χ2n) is 5.49. The van der Waals surface area contributed by atoms with E-state index < -0.39 is 5.97 Å². The van der Waals surface area contributed by atoms with Gasteiger partial charge in [-0.05, 0) is 54.3 Å². The van der Waals surface area contributed by atoms with Gasteiger partial charge in [-0.25, -0.2) is 4.79 Å². The molecule has 0 aliphatic heterocycles. The van der Waals surface area contributed by atoms with Crippen molar-refractivity contribution in [1.82, 2.24) is 0 Å². The Labute approximate surface area is 148 Å². The van der Waals surface area contributed by atoms with Gasteiger partial charge in [0.2, 0.25) is 0 Å². The Hall–Kier alpha value is -3.27. The Balaban J connectivity index is 1.67. The zero-order valence-corrected chi connectivity index (χ0v) is 14.0. The molecule has 0 bridgehead atoms. The summed E-state index contributed by atoms with van der Waals surface area (Å²) in [6, 6.07) is 15.2. The number of allylic oxidation sites excluding steroid dienone is 4. The summed E-state index contributed by atoms with van der Waals surface area (Å²) in [6.07, 6.45) is 11.5. The number of benzene rings is 2. The third-order valence-electron chi connectivity index (χ3n) is 3.43. The molecule has 0 aromatic heterocycles. The number of anilines is 2. The third-order valence-corrected chi connectivity index (χ3v) is 3.43. The fraction of sp³-hybridized carbons (Fsp3) is 0.0952. The molecule has 0 saturated carbocycles. The largest absolute Gasteiger partial charge is 0.431 e. The van der Waals surface area contributed by atoms with Gasteiger partial charge in [0.05, 0.1) is 6.26 Å². The summed E-state index contributed by atoms with van der Waals surface area (Å²) < 4.78 is 4.97. The number of rotatable bonds is 7. The van der Waals surface area contributed by atoms with Gasteiger partial charge in [0.15, 0.2) is 0 Å². The first-order chi connectivity index (χ1) is 12.1. The number of carbonyl (C=O) groups excluding carboxylic acids is 1. The van der Waals surface area contributed by atoms with Gasteiger partial charge >= 0.3 is 5.97 Å².